The number of nitrogens with zero attached hydrogens (tertiary/aromatic N) is 4. The standard InChI is InChI=1S/C18H27N5OS/c1-12(16-13(2)25-15(4)21-16)22(5)17(24)20-10-18(6-7-18)11-23-9-8-19-14(23)3/h8-9,12H,6-7,10-11H2,1-5H3,(H,20,24)/t12-/m1/s1. The van der Waals surface area contributed by atoms with Gasteiger partial charge in [-0.1, -0.05) is 0 Å². The van der Waals surface area contributed by atoms with Crippen LogP contribution in [-0.4, -0.2) is 39.1 Å². The number of nitrogens with one attached hydrogen (secondary N) is 1. The van der Waals surface area contributed by atoms with Crippen LogP contribution in [0.5, 0.6) is 0 Å². The van der Waals surface area contributed by atoms with E-state index in [1.807, 2.05) is 40.2 Å². The van der Waals surface area contributed by atoms with E-state index in [0.717, 1.165) is 35.9 Å². The van der Waals surface area contributed by atoms with Crippen LogP contribution in [0.1, 0.15) is 47.2 Å². The molecule has 7 heteroatoms. The van der Waals surface area contributed by atoms with Crippen molar-refractivity contribution in [3.05, 3.63) is 33.8 Å². The van der Waals surface area contributed by atoms with Crippen molar-refractivity contribution in [2.75, 3.05) is 13.6 Å². The second kappa shape index (κ2) is 6.78. The molecule has 2 heterocycles. The van der Waals surface area contributed by atoms with Crippen molar-refractivity contribution >= 4 is 17.4 Å². The van der Waals surface area contributed by atoms with Crippen LogP contribution in [0, 0.1) is 26.2 Å². The molecule has 3 rings (SSSR count). The molecule has 0 unspecified atom stereocenters. The highest BCUT2D eigenvalue weighted by Crippen LogP contribution is 2.46. The molecule has 2 aromatic rings. The van der Waals surface area contributed by atoms with Crippen molar-refractivity contribution < 1.29 is 4.79 Å². The lowest BCUT2D eigenvalue weighted by molar-refractivity contribution is 0.190. The second-order valence-corrected chi connectivity index (χ2v) is 8.63. The Morgan fingerprint density at radius 2 is 2.16 bits per heavy atom. The molecule has 25 heavy (non-hydrogen) atoms. The van der Waals surface area contributed by atoms with E-state index >= 15 is 0 Å². The third kappa shape index (κ3) is 3.86. The van der Waals surface area contributed by atoms with E-state index < -0.39 is 0 Å². The molecule has 1 saturated carbocycles. The van der Waals surface area contributed by atoms with Crippen molar-refractivity contribution in [3.8, 4) is 0 Å². The predicted molar refractivity (Wildman–Crippen MR) is 99.8 cm³/mol. The first-order valence-electron chi connectivity index (χ1n) is 8.74. The van der Waals surface area contributed by atoms with Gasteiger partial charge in [0.15, 0.2) is 0 Å². The number of hydrogen-bond donors (Lipinski definition) is 1. The summed E-state index contributed by atoms with van der Waals surface area (Å²) in [6.07, 6.45) is 6.14. The molecule has 1 atom stereocenters. The summed E-state index contributed by atoms with van der Waals surface area (Å²) in [5.74, 6) is 1.03. The number of rotatable bonds is 6. The minimum atomic E-state index is -0.0359. The van der Waals surface area contributed by atoms with Crippen molar-refractivity contribution in [1.82, 2.24) is 24.8 Å². The van der Waals surface area contributed by atoms with Crippen LogP contribution in [0.15, 0.2) is 12.4 Å². The summed E-state index contributed by atoms with van der Waals surface area (Å²) >= 11 is 1.68. The van der Waals surface area contributed by atoms with Crippen LogP contribution in [0.2, 0.25) is 0 Å². The first-order valence-corrected chi connectivity index (χ1v) is 9.55. The summed E-state index contributed by atoms with van der Waals surface area (Å²) in [6, 6.07) is -0.0674. The van der Waals surface area contributed by atoms with Gasteiger partial charge in [-0.15, -0.1) is 11.3 Å². The minimum absolute atomic E-state index is 0.0315. The van der Waals surface area contributed by atoms with Gasteiger partial charge in [0, 0.05) is 42.8 Å². The Kier molecular flexibility index (Phi) is 4.86. The molecule has 1 N–H and O–H groups in total. The van der Waals surface area contributed by atoms with Crippen LogP contribution in [-0.2, 0) is 6.54 Å². The molecule has 0 aromatic carbocycles. The zero-order valence-electron chi connectivity index (χ0n) is 15.7. The molecule has 1 aliphatic rings. The number of carbonyl (C=O) groups excluding carboxylic acids is 1. The molecule has 6 nitrogen and oxygen atoms in total. The lowest BCUT2D eigenvalue weighted by Gasteiger charge is -2.26. The van der Waals surface area contributed by atoms with Crippen LogP contribution >= 0.6 is 11.3 Å². The zero-order chi connectivity index (χ0) is 18.2. The van der Waals surface area contributed by atoms with Gasteiger partial charge < -0.3 is 14.8 Å². The van der Waals surface area contributed by atoms with E-state index in [0.29, 0.717) is 6.54 Å². The van der Waals surface area contributed by atoms with Crippen molar-refractivity contribution in [1.29, 1.82) is 0 Å². The van der Waals surface area contributed by atoms with E-state index in [-0.39, 0.29) is 17.5 Å². The van der Waals surface area contributed by atoms with Gasteiger partial charge in [0.2, 0.25) is 0 Å². The van der Waals surface area contributed by atoms with E-state index in [4.69, 9.17) is 0 Å². The van der Waals surface area contributed by atoms with Crippen molar-refractivity contribution in [2.24, 2.45) is 5.41 Å². The van der Waals surface area contributed by atoms with Gasteiger partial charge in [0.1, 0.15) is 5.82 Å². The monoisotopic (exact) mass is 361 g/mol. The fraction of sp³-hybridized carbons (Fsp3) is 0.611. The van der Waals surface area contributed by atoms with Crippen LogP contribution in [0.4, 0.5) is 4.79 Å². The molecule has 0 aliphatic heterocycles. The summed E-state index contributed by atoms with van der Waals surface area (Å²) in [5, 5.41) is 4.17. The molecule has 0 spiro atoms. The van der Waals surface area contributed by atoms with Crippen LogP contribution in [0.25, 0.3) is 0 Å². The Morgan fingerprint density at radius 3 is 2.68 bits per heavy atom. The number of imidazole rings is 1. The number of thiazole rings is 1. The Balaban J connectivity index is 1.57. The van der Waals surface area contributed by atoms with Gasteiger partial charge in [-0.3, -0.25) is 0 Å². The summed E-state index contributed by atoms with van der Waals surface area (Å²) < 4.78 is 2.17. The average molecular weight is 362 g/mol. The highest BCUT2D eigenvalue weighted by atomic mass is 32.1. The molecule has 0 saturated heterocycles. The Labute approximate surface area is 153 Å². The molecule has 136 valence electrons. The summed E-state index contributed by atoms with van der Waals surface area (Å²) in [5.41, 5.74) is 1.17. The van der Waals surface area contributed by atoms with Gasteiger partial charge in [0.05, 0.1) is 16.7 Å². The zero-order valence-corrected chi connectivity index (χ0v) is 16.5. The van der Waals surface area contributed by atoms with Crippen molar-refractivity contribution in [3.63, 3.8) is 0 Å². The largest absolute Gasteiger partial charge is 0.337 e. The maximum atomic E-state index is 12.6. The van der Waals surface area contributed by atoms with Gasteiger partial charge in [-0.25, -0.2) is 14.8 Å². The van der Waals surface area contributed by atoms with E-state index in [1.54, 1.807) is 16.2 Å². The fourth-order valence-corrected chi connectivity index (χ4v) is 4.09. The molecule has 2 amide bonds. The summed E-state index contributed by atoms with van der Waals surface area (Å²) in [7, 11) is 1.84. The molecule has 1 aliphatic carbocycles. The first kappa shape index (κ1) is 17.9. The predicted octanol–water partition coefficient (Wildman–Crippen LogP) is 3.45. The van der Waals surface area contributed by atoms with Crippen LogP contribution in [0.3, 0.4) is 0 Å². The SMILES string of the molecule is Cc1nc([C@@H](C)N(C)C(=O)NCC2(Cn3ccnc3C)CC2)c(C)s1. The quantitative estimate of drug-likeness (QED) is 0.857. The van der Waals surface area contributed by atoms with Gasteiger partial charge in [-0.2, -0.15) is 0 Å². The lowest BCUT2D eigenvalue weighted by Crippen LogP contribution is -2.42. The molecule has 2 aromatic heterocycles. The minimum Gasteiger partial charge on any atom is -0.337 e. The fourth-order valence-electron chi connectivity index (χ4n) is 3.18. The van der Waals surface area contributed by atoms with E-state index in [1.165, 1.54) is 4.88 Å². The smallest absolute Gasteiger partial charge is 0.317 e. The molecule has 0 bridgehead atoms. The molecular weight excluding hydrogens is 334 g/mol. The normalized spacial score (nSPS) is 16.5. The number of aromatic nitrogens is 3. The van der Waals surface area contributed by atoms with Gasteiger partial charge in [-0.05, 0) is 40.5 Å². The van der Waals surface area contributed by atoms with Crippen LogP contribution < -0.4 is 5.32 Å². The lowest BCUT2D eigenvalue weighted by atomic mass is 10.1. The highest BCUT2D eigenvalue weighted by Gasteiger charge is 2.43. The summed E-state index contributed by atoms with van der Waals surface area (Å²) in [4.78, 5) is 24.4. The Morgan fingerprint density at radius 1 is 1.44 bits per heavy atom. The molecule has 0 radical (unpaired) electrons. The third-order valence-corrected chi connectivity index (χ3v) is 6.14. The first-order chi connectivity index (χ1) is 11.8. The van der Waals surface area contributed by atoms with Gasteiger partial charge >= 0.3 is 6.03 Å². The average Bonchev–Trinajstić information content (AvgIpc) is 3.10. The third-order valence-electron chi connectivity index (χ3n) is 5.24. The number of amides is 2. The maximum Gasteiger partial charge on any atom is 0.317 e. The maximum absolute atomic E-state index is 12.6. The van der Waals surface area contributed by atoms with Gasteiger partial charge in [0.25, 0.3) is 0 Å². The van der Waals surface area contributed by atoms with E-state index in [2.05, 4.69) is 26.8 Å². The van der Waals surface area contributed by atoms with E-state index in [9.17, 15) is 4.79 Å². The summed E-state index contributed by atoms with van der Waals surface area (Å²) in [6.45, 7) is 9.74. The Hall–Kier alpha value is -1.89. The number of carbonyl (C=O) groups is 1. The number of urea groups is 1. The molecule has 1 fully saturated rings. The molecular formula is C18H27N5OS. The highest BCUT2D eigenvalue weighted by molar-refractivity contribution is 7.11. The number of hydrogen-bond acceptors (Lipinski definition) is 4. The second-order valence-electron chi connectivity index (χ2n) is 7.22. The topological polar surface area (TPSA) is 63.1 Å². The van der Waals surface area contributed by atoms with Crippen molar-refractivity contribution in [2.45, 2.75) is 53.1 Å². The Bertz CT molecular complexity index is 761. The number of aryl methyl sites for hydroxylation is 3.